The largest absolute Gasteiger partial charge is 0.516 e. The number of esters is 1. The van der Waals surface area contributed by atoms with Gasteiger partial charge in [0, 0.05) is 11.1 Å². The fraction of sp³-hybridized carbons (Fsp3) is 0.357. The molecule has 0 radical (unpaired) electrons. The molecule has 1 aromatic heterocycles. The van der Waals surface area contributed by atoms with Gasteiger partial charge in [0.15, 0.2) is 0 Å². The van der Waals surface area contributed by atoms with Gasteiger partial charge in [-0.2, -0.15) is 4.89 Å². The van der Waals surface area contributed by atoms with Crippen molar-refractivity contribution in [1.29, 1.82) is 0 Å². The number of hydrogen-bond acceptors (Lipinski definition) is 5. The quantitative estimate of drug-likeness (QED) is 0.243. The van der Waals surface area contributed by atoms with Crippen LogP contribution in [-0.2, 0) is 20.5 Å². The molecular formula is C28H32FNO5P+. The number of carbonyl (C=O) groups is 1. The van der Waals surface area contributed by atoms with E-state index in [1.54, 1.807) is 19.1 Å². The summed E-state index contributed by atoms with van der Waals surface area (Å²) in [4.78, 5) is 27.6. The highest BCUT2D eigenvalue weighted by Gasteiger charge is 2.44. The van der Waals surface area contributed by atoms with Gasteiger partial charge in [-0.1, -0.05) is 63.2 Å². The molecule has 3 aromatic rings. The number of aliphatic hydroxyl groups is 1. The Bertz CT molecular complexity index is 1210. The first-order chi connectivity index (χ1) is 17.2. The number of benzene rings is 2. The number of aromatic nitrogens is 1. The number of aliphatic hydroxyl groups excluding tert-OH is 1. The minimum atomic E-state index is -2.98. The molecule has 36 heavy (non-hydrogen) atoms. The molecule has 6 nitrogen and oxygen atoms in total. The van der Waals surface area contributed by atoms with Crippen LogP contribution in [0.1, 0.15) is 62.5 Å². The normalized spacial score (nSPS) is 13.4. The Morgan fingerprint density at radius 2 is 1.69 bits per heavy atom. The van der Waals surface area contributed by atoms with Crippen LogP contribution in [0, 0.1) is 5.82 Å². The summed E-state index contributed by atoms with van der Waals surface area (Å²) in [7, 11) is -2.98. The predicted molar refractivity (Wildman–Crippen MR) is 138 cm³/mol. The van der Waals surface area contributed by atoms with Gasteiger partial charge in [0.25, 0.3) is 0 Å². The summed E-state index contributed by atoms with van der Waals surface area (Å²) in [5.41, 5.74) is 3.29. The zero-order valence-electron chi connectivity index (χ0n) is 20.9. The van der Waals surface area contributed by atoms with Crippen molar-refractivity contribution in [3.05, 3.63) is 77.2 Å². The summed E-state index contributed by atoms with van der Waals surface area (Å²) in [5, 5.41) is 11.1. The minimum Gasteiger partial charge on any atom is -0.466 e. The maximum atomic E-state index is 13.9. The van der Waals surface area contributed by atoms with Crippen LogP contribution in [-0.4, -0.2) is 33.7 Å². The van der Waals surface area contributed by atoms with Crippen molar-refractivity contribution in [2.24, 2.45) is 0 Å². The molecule has 0 aliphatic heterocycles. The molecule has 0 bridgehead atoms. The second kappa shape index (κ2) is 12.3. The number of rotatable bonds is 10. The summed E-state index contributed by atoms with van der Waals surface area (Å²) in [6.07, 6.45) is -1.40. The van der Waals surface area contributed by atoms with Crippen molar-refractivity contribution >= 4 is 14.0 Å². The fourth-order valence-corrected chi connectivity index (χ4v) is 5.36. The van der Waals surface area contributed by atoms with Crippen LogP contribution in [0.4, 0.5) is 4.39 Å². The van der Waals surface area contributed by atoms with Crippen LogP contribution in [0.5, 0.6) is 0 Å². The van der Waals surface area contributed by atoms with Gasteiger partial charge in [-0.3, -0.25) is 9.78 Å². The number of ether oxygens (including phenoxy) is 1. The van der Waals surface area contributed by atoms with Crippen molar-refractivity contribution in [1.82, 2.24) is 4.98 Å². The summed E-state index contributed by atoms with van der Waals surface area (Å²) in [5.74, 6) is -1.25. The second-order valence-electron chi connectivity index (χ2n) is 8.82. The highest BCUT2D eigenvalue weighted by Crippen LogP contribution is 2.50. The lowest BCUT2D eigenvalue weighted by Crippen LogP contribution is -2.24. The zero-order chi connectivity index (χ0) is 26.4. The van der Waals surface area contributed by atoms with E-state index in [1.807, 2.05) is 51.1 Å². The lowest BCUT2D eigenvalue weighted by Gasteiger charge is -2.25. The summed E-state index contributed by atoms with van der Waals surface area (Å²) in [6.45, 7) is 7.57. The molecule has 0 spiro atoms. The van der Waals surface area contributed by atoms with Gasteiger partial charge in [-0.25, -0.2) is 4.39 Å². The highest BCUT2D eigenvalue weighted by atomic mass is 31.1. The number of carbonyl (C=O) groups excluding carboxylic acids is 1. The first-order valence-electron chi connectivity index (χ1n) is 12.1. The van der Waals surface area contributed by atoms with Gasteiger partial charge in [0.2, 0.25) is 5.66 Å². The fourth-order valence-electron chi connectivity index (χ4n) is 4.47. The van der Waals surface area contributed by atoms with Crippen LogP contribution in [0.15, 0.2) is 54.6 Å². The molecule has 3 rings (SSSR count). The number of pyridine rings is 1. The molecule has 0 aliphatic carbocycles. The van der Waals surface area contributed by atoms with Gasteiger partial charge < -0.3 is 9.84 Å². The van der Waals surface area contributed by atoms with Crippen molar-refractivity contribution < 1.29 is 28.5 Å². The molecule has 0 aliphatic rings. The lowest BCUT2D eigenvalue weighted by atomic mass is 9.84. The Hall–Kier alpha value is -2.99. The topological polar surface area (TPSA) is 96.7 Å². The Balaban J connectivity index is 2.41. The maximum absolute atomic E-state index is 13.9. The zero-order valence-corrected chi connectivity index (χ0v) is 21.8. The molecular weight excluding hydrogens is 480 g/mol. The van der Waals surface area contributed by atoms with Crippen molar-refractivity contribution in [2.75, 3.05) is 6.61 Å². The molecule has 3 unspecified atom stereocenters. The first kappa shape index (κ1) is 27.6. The SMILES string of the molecule is CCOC(=O)CC(O)C(c1c(C(C)C)nc(-c2ccccc2)c(CC)c1-c1ccc(F)cc1)[P+](=O)O. The van der Waals surface area contributed by atoms with Gasteiger partial charge >= 0.3 is 14.0 Å². The smallest absolute Gasteiger partial charge is 0.466 e. The van der Waals surface area contributed by atoms with E-state index in [1.165, 1.54) is 12.1 Å². The molecule has 0 saturated carbocycles. The van der Waals surface area contributed by atoms with Crippen LogP contribution in [0.3, 0.4) is 0 Å². The Morgan fingerprint density at radius 1 is 1.06 bits per heavy atom. The molecule has 2 aromatic carbocycles. The molecule has 1 heterocycles. The molecule has 0 fully saturated rings. The van der Waals surface area contributed by atoms with Crippen molar-refractivity contribution in [3.63, 3.8) is 0 Å². The van der Waals surface area contributed by atoms with E-state index in [0.717, 1.165) is 16.8 Å². The summed E-state index contributed by atoms with van der Waals surface area (Å²) < 4.78 is 31.6. The Labute approximate surface area is 212 Å². The lowest BCUT2D eigenvalue weighted by molar-refractivity contribution is -0.145. The third kappa shape index (κ3) is 6.04. The van der Waals surface area contributed by atoms with Crippen molar-refractivity contribution in [2.45, 2.75) is 58.2 Å². The molecule has 190 valence electrons. The highest BCUT2D eigenvalue weighted by molar-refractivity contribution is 7.38. The average Bonchev–Trinajstić information content (AvgIpc) is 2.84. The predicted octanol–water partition coefficient (Wildman–Crippen LogP) is 6.33. The van der Waals surface area contributed by atoms with E-state index >= 15 is 0 Å². The minimum absolute atomic E-state index is 0.132. The Morgan fingerprint density at radius 3 is 2.22 bits per heavy atom. The molecule has 3 atom stereocenters. The van der Waals surface area contributed by atoms with E-state index in [0.29, 0.717) is 28.8 Å². The second-order valence-corrected chi connectivity index (χ2v) is 9.98. The van der Waals surface area contributed by atoms with Gasteiger partial charge in [0.05, 0.1) is 24.4 Å². The monoisotopic (exact) mass is 512 g/mol. The first-order valence-corrected chi connectivity index (χ1v) is 13.3. The van der Waals surface area contributed by atoms with Crippen LogP contribution in [0.2, 0.25) is 0 Å². The molecule has 0 saturated heterocycles. The molecule has 2 N–H and O–H groups in total. The number of halogens is 1. The van der Waals surface area contributed by atoms with Crippen molar-refractivity contribution in [3.8, 4) is 22.4 Å². The van der Waals surface area contributed by atoms with E-state index in [4.69, 9.17) is 9.72 Å². The average molecular weight is 513 g/mol. The molecule has 8 heteroatoms. The maximum Gasteiger partial charge on any atom is 0.516 e. The summed E-state index contributed by atoms with van der Waals surface area (Å²) >= 11 is 0. The van der Waals surface area contributed by atoms with Crippen LogP contribution >= 0.6 is 8.03 Å². The van der Waals surface area contributed by atoms with E-state index in [2.05, 4.69) is 0 Å². The van der Waals surface area contributed by atoms with Gasteiger partial charge in [-0.05, 0) is 52.7 Å². The van der Waals surface area contributed by atoms with E-state index in [9.17, 15) is 23.7 Å². The Kier molecular flexibility index (Phi) is 9.43. The number of nitrogens with zero attached hydrogens (tertiary/aromatic N) is 1. The third-order valence-electron chi connectivity index (χ3n) is 6.03. The van der Waals surface area contributed by atoms with E-state index in [-0.39, 0.29) is 12.5 Å². The standard InChI is InChI=1S/C28H31FNO5P/c1-5-21-24(18-12-14-20(29)15-13-18)25(28(36(33)34)22(31)16-23(32)35-6-2)26(17(3)4)30-27(21)19-10-8-7-9-11-19/h7-15,17,22,28,31H,5-6,16H2,1-4H3/p+1. The van der Waals surface area contributed by atoms with Gasteiger partial charge in [0.1, 0.15) is 11.9 Å². The molecule has 0 amide bonds. The number of hydrogen-bond donors (Lipinski definition) is 2. The van der Waals surface area contributed by atoms with Crippen LogP contribution in [0.25, 0.3) is 22.4 Å². The van der Waals surface area contributed by atoms with E-state index < -0.39 is 38.0 Å². The summed E-state index contributed by atoms with van der Waals surface area (Å²) in [6, 6.07) is 15.5. The third-order valence-corrected chi connectivity index (χ3v) is 7.10. The van der Waals surface area contributed by atoms with Gasteiger partial charge in [-0.15, -0.1) is 0 Å². The van der Waals surface area contributed by atoms with Crippen LogP contribution < -0.4 is 0 Å².